The third kappa shape index (κ3) is 2.96. The van der Waals surface area contributed by atoms with Crippen LogP contribution in [0.4, 0.5) is 0 Å². The summed E-state index contributed by atoms with van der Waals surface area (Å²) in [5.41, 5.74) is 1.76. The van der Waals surface area contributed by atoms with Crippen molar-refractivity contribution in [1.82, 2.24) is 4.90 Å². The molecule has 1 aromatic carbocycles. The van der Waals surface area contributed by atoms with E-state index in [0.29, 0.717) is 19.8 Å². The van der Waals surface area contributed by atoms with E-state index in [2.05, 4.69) is 31.2 Å². The van der Waals surface area contributed by atoms with Crippen molar-refractivity contribution in [1.29, 1.82) is 0 Å². The molecule has 1 aliphatic rings. The van der Waals surface area contributed by atoms with Gasteiger partial charge in [0, 0.05) is 13.6 Å². The Balaban J connectivity index is 1.88. The third-order valence-electron chi connectivity index (χ3n) is 3.72. The number of hydrogen-bond acceptors (Lipinski definition) is 3. The number of aryl methyl sites for hydroxylation is 1. The Labute approximate surface area is 114 Å². The summed E-state index contributed by atoms with van der Waals surface area (Å²) in [7, 11) is 1.78. The zero-order valence-electron chi connectivity index (χ0n) is 11.6. The summed E-state index contributed by atoms with van der Waals surface area (Å²) < 4.78 is 5.07. The summed E-state index contributed by atoms with van der Waals surface area (Å²) >= 11 is 0. The van der Waals surface area contributed by atoms with Gasteiger partial charge in [-0.3, -0.25) is 4.79 Å². The van der Waals surface area contributed by atoms with Crippen LogP contribution in [0.25, 0.3) is 0 Å². The highest BCUT2D eigenvalue weighted by Crippen LogP contribution is 2.28. The number of amides is 1. The van der Waals surface area contributed by atoms with Crippen LogP contribution in [0.15, 0.2) is 24.3 Å². The van der Waals surface area contributed by atoms with E-state index in [0.717, 1.165) is 6.42 Å². The van der Waals surface area contributed by atoms with Crippen LogP contribution >= 0.6 is 0 Å². The van der Waals surface area contributed by atoms with E-state index in [1.54, 1.807) is 11.9 Å². The lowest BCUT2D eigenvalue weighted by molar-refractivity contribution is -0.179. The Morgan fingerprint density at radius 1 is 1.37 bits per heavy atom. The average Bonchev–Trinajstić information content (AvgIpc) is 2.37. The number of aliphatic hydroxyl groups is 1. The first-order chi connectivity index (χ1) is 9.07. The minimum Gasteiger partial charge on any atom is -0.395 e. The molecule has 1 fully saturated rings. The zero-order chi connectivity index (χ0) is 13.9. The van der Waals surface area contributed by atoms with Crippen molar-refractivity contribution in [2.24, 2.45) is 5.41 Å². The molecule has 1 saturated heterocycles. The summed E-state index contributed by atoms with van der Waals surface area (Å²) in [6, 6.07) is 8.32. The van der Waals surface area contributed by atoms with Crippen molar-refractivity contribution in [3.8, 4) is 0 Å². The molecule has 2 rings (SSSR count). The number of benzene rings is 1. The number of rotatable bonds is 5. The van der Waals surface area contributed by atoms with Gasteiger partial charge in [-0.25, -0.2) is 0 Å². The van der Waals surface area contributed by atoms with Gasteiger partial charge in [-0.1, -0.05) is 29.8 Å². The molecule has 0 atom stereocenters. The molecule has 0 spiro atoms. The van der Waals surface area contributed by atoms with Crippen LogP contribution in [0.5, 0.6) is 0 Å². The van der Waals surface area contributed by atoms with Gasteiger partial charge in [0.2, 0.25) is 5.91 Å². The lowest BCUT2D eigenvalue weighted by Crippen LogP contribution is -2.56. The molecule has 1 N–H and O–H groups in total. The monoisotopic (exact) mass is 263 g/mol. The first-order valence-corrected chi connectivity index (χ1v) is 6.57. The number of carbonyl (C=O) groups excluding carboxylic acids is 1. The van der Waals surface area contributed by atoms with Gasteiger partial charge >= 0.3 is 0 Å². The quantitative estimate of drug-likeness (QED) is 0.862. The van der Waals surface area contributed by atoms with Crippen LogP contribution < -0.4 is 0 Å². The molecule has 1 heterocycles. The second-order valence-corrected chi connectivity index (χ2v) is 5.39. The Morgan fingerprint density at radius 3 is 2.47 bits per heavy atom. The van der Waals surface area contributed by atoms with E-state index in [4.69, 9.17) is 4.74 Å². The van der Waals surface area contributed by atoms with E-state index in [-0.39, 0.29) is 12.5 Å². The SMILES string of the molecule is Cc1ccc(CCN(C)C(=O)C2(CO)COC2)cc1. The molecule has 0 aromatic heterocycles. The number of aliphatic hydroxyl groups excluding tert-OH is 1. The molecule has 4 heteroatoms. The summed E-state index contributed by atoms with van der Waals surface area (Å²) in [4.78, 5) is 13.9. The Morgan fingerprint density at radius 2 is 2.00 bits per heavy atom. The maximum atomic E-state index is 12.2. The normalized spacial score (nSPS) is 16.8. The molecule has 104 valence electrons. The number of likely N-dealkylation sites (N-methyl/N-ethyl adjacent to an activating group) is 1. The molecule has 4 nitrogen and oxygen atoms in total. The second kappa shape index (κ2) is 5.72. The minimum absolute atomic E-state index is 0.0200. The van der Waals surface area contributed by atoms with Gasteiger partial charge in [-0.15, -0.1) is 0 Å². The van der Waals surface area contributed by atoms with Crippen LogP contribution in [0.2, 0.25) is 0 Å². The van der Waals surface area contributed by atoms with Gasteiger partial charge in [0.15, 0.2) is 0 Å². The topological polar surface area (TPSA) is 49.8 Å². The lowest BCUT2D eigenvalue weighted by atomic mass is 9.85. The van der Waals surface area contributed by atoms with Gasteiger partial charge in [0.1, 0.15) is 5.41 Å². The molecular formula is C15H21NO3. The number of ether oxygens (including phenoxy) is 1. The molecule has 0 saturated carbocycles. The highest BCUT2D eigenvalue weighted by Gasteiger charge is 2.46. The molecule has 0 aliphatic carbocycles. The van der Waals surface area contributed by atoms with Crippen molar-refractivity contribution in [2.45, 2.75) is 13.3 Å². The van der Waals surface area contributed by atoms with Crippen LogP contribution in [0.1, 0.15) is 11.1 Å². The Kier molecular flexibility index (Phi) is 4.22. The molecule has 0 radical (unpaired) electrons. The molecule has 0 unspecified atom stereocenters. The van der Waals surface area contributed by atoms with E-state index in [9.17, 15) is 9.90 Å². The number of nitrogens with zero attached hydrogens (tertiary/aromatic N) is 1. The standard InChI is InChI=1S/C15H21NO3/c1-12-3-5-13(6-4-12)7-8-16(2)14(18)15(9-17)10-19-11-15/h3-6,17H,7-11H2,1-2H3. The van der Waals surface area contributed by atoms with Crippen molar-refractivity contribution in [2.75, 3.05) is 33.4 Å². The lowest BCUT2D eigenvalue weighted by Gasteiger charge is -2.40. The van der Waals surface area contributed by atoms with Crippen LogP contribution in [-0.2, 0) is 16.0 Å². The zero-order valence-corrected chi connectivity index (χ0v) is 11.6. The molecular weight excluding hydrogens is 242 g/mol. The molecule has 1 aliphatic heterocycles. The van der Waals surface area contributed by atoms with Gasteiger partial charge in [-0.2, -0.15) is 0 Å². The predicted octanol–water partition coefficient (Wildman–Crippen LogP) is 1.00. The van der Waals surface area contributed by atoms with Crippen molar-refractivity contribution in [3.63, 3.8) is 0 Å². The summed E-state index contributed by atoms with van der Waals surface area (Å²) in [6.45, 7) is 3.24. The summed E-state index contributed by atoms with van der Waals surface area (Å²) in [5.74, 6) is -0.0200. The average molecular weight is 263 g/mol. The predicted molar refractivity (Wildman–Crippen MR) is 72.9 cm³/mol. The molecule has 1 amide bonds. The highest BCUT2D eigenvalue weighted by molar-refractivity contribution is 5.83. The smallest absolute Gasteiger partial charge is 0.235 e. The number of carbonyl (C=O) groups is 1. The fraction of sp³-hybridized carbons (Fsp3) is 0.533. The maximum Gasteiger partial charge on any atom is 0.235 e. The van der Waals surface area contributed by atoms with Crippen LogP contribution in [-0.4, -0.2) is 49.3 Å². The van der Waals surface area contributed by atoms with Gasteiger partial charge in [-0.05, 0) is 18.9 Å². The van der Waals surface area contributed by atoms with E-state index >= 15 is 0 Å². The Hall–Kier alpha value is -1.39. The summed E-state index contributed by atoms with van der Waals surface area (Å²) in [5, 5.41) is 9.34. The number of hydrogen-bond donors (Lipinski definition) is 1. The molecule has 0 bridgehead atoms. The van der Waals surface area contributed by atoms with Crippen molar-refractivity contribution < 1.29 is 14.6 Å². The fourth-order valence-corrected chi connectivity index (χ4v) is 2.19. The van der Waals surface area contributed by atoms with Gasteiger partial charge in [0.05, 0.1) is 19.8 Å². The van der Waals surface area contributed by atoms with E-state index < -0.39 is 5.41 Å². The van der Waals surface area contributed by atoms with Crippen molar-refractivity contribution in [3.05, 3.63) is 35.4 Å². The van der Waals surface area contributed by atoms with Crippen LogP contribution in [0.3, 0.4) is 0 Å². The fourth-order valence-electron chi connectivity index (χ4n) is 2.19. The maximum absolute atomic E-state index is 12.2. The molecule has 1 aromatic rings. The third-order valence-corrected chi connectivity index (χ3v) is 3.72. The van der Waals surface area contributed by atoms with Gasteiger partial charge in [0.25, 0.3) is 0 Å². The first kappa shape index (κ1) is 14.0. The van der Waals surface area contributed by atoms with E-state index in [1.807, 2.05) is 0 Å². The van der Waals surface area contributed by atoms with Crippen LogP contribution in [0, 0.1) is 12.3 Å². The highest BCUT2D eigenvalue weighted by atomic mass is 16.5. The first-order valence-electron chi connectivity index (χ1n) is 6.57. The Bertz CT molecular complexity index is 432. The second-order valence-electron chi connectivity index (χ2n) is 5.39. The van der Waals surface area contributed by atoms with E-state index in [1.165, 1.54) is 11.1 Å². The molecule has 19 heavy (non-hydrogen) atoms. The van der Waals surface area contributed by atoms with Crippen molar-refractivity contribution >= 4 is 5.91 Å². The largest absolute Gasteiger partial charge is 0.395 e. The van der Waals surface area contributed by atoms with Gasteiger partial charge < -0.3 is 14.7 Å². The summed E-state index contributed by atoms with van der Waals surface area (Å²) in [6.07, 6.45) is 0.824. The minimum atomic E-state index is -0.692.